The minimum absolute atomic E-state index is 0.0962. The van der Waals surface area contributed by atoms with Gasteiger partial charge >= 0.3 is 5.97 Å². The van der Waals surface area contributed by atoms with Gasteiger partial charge in [-0.25, -0.2) is 4.79 Å². The van der Waals surface area contributed by atoms with Gasteiger partial charge in [-0.05, 0) is 18.2 Å². The number of benzene rings is 1. The SMILES string of the molecule is CN(CCC#N)C(=O)COC(=O)c1ccc2c(c1)NC(=O)CCS2. The lowest BCUT2D eigenvalue weighted by atomic mass is 10.2. The average molecular weight is 347 g/mol. The molecular formula is C16H17N3O4S. The van der Waals surface area contributed by atoms with E-state index in [-0.39, 0.29) is 37.0 Å². The topological polar surface area (TPSA) is 99.5 Å². The molecule has 0 aliphatic carbocycles. The van der Waals surface area contributed by atoms with E-state index in [1.165, 1.54) is 4.90 Å². The predicted molar refractivity (Wildman–Crippen MR) is 88.6 cm³/mol. The number of anilines is 1. The van der Waals surface area contributed by atoms with E-state index >= 15 is 0 Å². The Morgan fingerprint density at radius 1 is 1.46 bits per heavy atom. The third-order valence-corrected chi connectivity index (χ3v) is 4.46. The zero-order chi connectivity index (χ0) is 17.5. The molecule has 8 heteroatoms. The number of esters is 1. The van der Waals surface area contributed by atoms with E-state index in [0.29, 0.717) is 17.9 Å². The van der Waals surface area contributed by atoms with Crippen LogP contribution in [0.25, 0.3) is 0 Å². The molecule has 0 saturated heterocycles. The van der Waals surface area contributed by atoms with Gasteiger partial charge in [-0.1, -0.05) is 0 Å². The fourth-order valence-corrected chi connectivity index (χ4v) is 2.95. The quantitative estimate of drug-likeness (QED) is 0.813. The number of nitrogens with zero attached hydrogens (tertiary/aromatic N) is 2. The summed E-state index contributed by atoms with van der Waals surface area (Å²) in [7, 11) is 1.54. The van der Waals surface area contributed by atoms with Gasteiger partial charge in [0.15, 0.2) is 6.61 Å². The average Bonchev–Trinajstić information content (AvgIpc) is 2.76. The molecular weight excluding hydrogens is 330 g/mol. The fraction of sp³-hybridized carbons (Fsp3) is 0.375. The molecule has 7 nitrogen and oxygen atoms in total. The van der Waals surface area contributed by atoms with Crippen LogP contribution in [0.5, 0.6) is 0 Å². The standard InChI is InChI=1S/C16H17N3O4S/c1-19(7-2-6-17)15(21)10-23-16(22)11-3-4-13-12(9-11)18-14(20)5-8-24-13/h3-4,9H,2,5,7-8,10H2,1H3,(H,18,20). The molecule has 1 heterocycles. The van der Waals surface area contributed by atoms with Crippen LogP contribution < -0.4 is 5.32 Å². The second-order valence-electron chi connectivity index (χ2n) is 5.16. The van der Waals surface area contributed by atoms with Crippen molar-refractivity contribution in [2.75, 3.05) is 31.3 Å². The van der Waals surface area contributed by atoms with E-state index in [9.17, 15) is 14.4 Å². The first-order valence-corrected chi connectivity index (χ1v) is 8.34. The van der Waals surface area contributed by atoms with E-state index in [2.05, 4.69) is 5.32 Å². The van der Waals surface area contributed by atoms with Crippen LogP contribution in [0.3, 0.4) is 0 Å². The maximum absolute atomic E-state index is 12.1. The summed E-state index contributed by atoms with van der Waals surface area (Å²) < 4.78 is 5.01. The zero-order valence-corrected chi connectivity index (χ0v) is 14.0. The lowest BCUT2D eigenvalue weighted by Crippen LogP contribution is -2.31. The molecule has 1 aliphatic rings. The van der Waals surface area contributed by atoms with Gasteiger partial charge in [0.25, 0.3) is 5.91 Å². The van der Waals surface area contributed by atoms with Gasteiger partial charge in [-0.3, -0.25) is 9.59 Å². The molecule has 1 N–H and O–H groups in total. The molecule has 0 atom stereocenters. The summed E-state index contributed by atoms with van der Waals surface area (Å²) in [6.45, 7) is -0.103. The molecule has 0 saturated carbocycles. The molecule has 24 heavy (non-hydrogen) atoms. The summed E-state index contributed by atoms with van der Waals surface area (Å²) in [5, 5.41) is 11.2. The number of likely N-dealkylation sites (N-methyl/N-ethyl adjacent to an activating group) is 1. The first-order chi connectivity index (χ1) is 11.5. The van der Waals surface area contributed by atoms with Gasteiger partial charge in [0.1, 0.15) is 0 Å². The molecule has 0 fully saturated rings. The first-order valence-electron chi connectivity index (χ1n) is 7.36. The Bertz CT molecular complexity index is 699. The summed E-state index contributed by atoms with van der Waals surface area (Å²) in [4.78, 5) is 37.7. The number of hydrogen-bond acceptors (Lipinski definition) is 6. The van der Waals surface area contributed by atoms with Crippen molar-refractivity contribution in [2.24, 2.45) is 0 Å². The number of amides is 2. The summed E-state index contributed by atoms with van der Waals surface area (Å²) >= 11 is 1.54. The molecule has 0 aromatic heterocycles. The number of nitriles is 1. The van der Waals surface area contributed by atoms with Gasteiger partial charge in [0.05, 0.1) is 23.7 Å². The maximum atomic E-state index is 12.1. The molecule has 1 aliphatic heterocycles. The number of carbonyl (C=O) groups is 3. The summed E-state index contributed by atoms with van der Waals surface area (Å²) in [6.07, 6.45) is 0.640. The van der Waals surface area contributed by atoms with Crippen molar-refractivity contribution in [3.8, 4) is 6.07 Å². The second kappa shape index (κ2) is 8.36. The van der Waals surface area contributed by atoms with Crippen molar-refractivity contribution in [3.05, 3.63) is 23.8 Å². The number of nitrogens with one attached hydrogen (secondary N) is 1. The lowest BCUT2D eigenvalue weighted by Gasteiger charge is -2.15. The van der Waals surface area contributed by atoms with Gasteiger partial charge in [-0.15, -0.1) is 11.8 Å². The normalized spacial score (nSPS) is 13.1. The summed E-state index contributed by atoms with van der Waals surface area (Å²) in [6, 6.07) is 6.86. The molecule has 1 aromatic carbocycles. The van der Waals surface area contributed by atoms with E-state index in [4.69, 9.17) is 10.00 Å². The number of hydrogen-bond donors (Lipinski definition) is 1. The molecule has 126 valence electrons. The molecule has 2 rings (SSSR count). The largest absolute Gasteiger partial charge is 0.452 e. The van der Waals surface area contributed by atoms with Crippen molar-refractivity contribution < 1.29 is 19.1 Å². The van der Waals surface area contributed by atoms with Crippen molar-refractivity contribution in [3.63, 3.8) is 0 Å². The highest BCUT2D eigenvalue weighted by Gasteiger charge is 2.17. The third kappa shape index (κ3) is 4.73. The second-order valence-corrected chi connectivity index (χ2v) is 6.29. The number of ether oxygens (including phenoxy) is 1. The van der Waals surface area contributed by atoms with Crippen LogP contribution in [0, 0.1) is 11.3 Å². The first kappa shape index (κ1) is 17.8. The van der Waals surface area contributed by atoms with E-state index < -0.39 is 5.97 Å². The number of thioether (sulfide) groups is 1. The monoisotopic (exact) mass is 347 g/mol. The predicted octanol–water partition coefficient (Wildman–Crippen LogP) is 1.65. The Balaban J connectivity index is 1.97. The summed E-state index contributed by atoms with van der Waals surface area (Å²) in [5.41, 5.74) is 0.846. The molecule has 0 radical (unpaired) electrons. The van der Waals surface area contributed by atoms with Gasteiger partial charge in [0.2, 0.25) is 5.91 Å². The van der Waals surface area contributed by atoms with Crippen molar-refractivity contribution >= 4 is 35.2 Å². The van der Waals surface area contributed by atoms with Crippen molar-refractivity contribution in [1.29, 1.82) is 5.26 Å². The minimum atomic E-state index is -0.636. The maximum Gasteiger partial charge on any atom is 0.338 e. The van der Waals surface area contributed by atoms with Crippen LogP contribution in [0.4, 0.5) is 5.69 Å². The Kier molecular flexibility index (Phi) is 6.21. The van der Waals surface area contributed by atoms with Crippen LogP contribution in [0.2, 0.25) is 0 Å². The van der Waals surface area contributed by atoms with Gasteiger partial charge < -0.3 is 15.0 Å². The Morgan fingerprint density at radius 2 is 2.25 bits per heavy atom. The smallest absolute Gasteiger partial charge is 0.338 e. The number of fused-ring (bicyclic) bond motifs is 1. The zero-order valence-electron chi connectivity index (χ0n) is 13.2. The lowest BCUT2D eigenvalue weighted by molar-refractivity contribution is -0.133. The van der Waals surface area contributed by atoms with Crippen LogP contribution >= 0.6 is 11.8 Å². The summed E-state index contributed by atoms with van der Waals surface area (Å²) in [5.74, 6) is -0.423. The Morgan fingerprint density at radius 3 is 3.00 bits per heavy atom. The fourth-order valence-electron chi connectivity index (χ4n) is 2.01. The minimum Gasteiger partial charge on any atom is -0.452 e. The van der Waals surface area contributed by atoms with Crippen molar-refractivity contribution in [2.45, 2.75) is 17.7 Å². The third-order valence-electron chi connectivity index (χ3n) is 3.39. The van der Waals surface area contributed by atoms with Crippen molar-refractivity contribution in [1.82, 2.24) is 4.90 Å². The van der Waals surface area contributed by atoms with Crippen LogP contribution in [-0.4, -0.2) is 48.6 Å². The molecule has 0 bridgehead atoms. The Hall–Kier alpha value is -2.53. The van der Waals surface area contributed by atoms with Crippen LogP contribution in [-0.2, 0) is 14.3 Å². The molecule has 2 amide bonds. The molecule has 1 aromatic rings. The van der Waals surface area contributed by atoms with E-state index in [0.717, 1.165) is 4.90 Å². The highest BCUT2D eigenvalue weighted by molar-refractivity contribution is 7.99. The molecule has 0 spiro atoms. The van der Waals surface area contributed by atoms with Crippen LogP contribution in [0.15, 0.2) is 23.1 Å². The van der Waals surface area contributed by atoms with Gasteiger partial charge in [-0.2, -0.15) is 5.26 Å². The number of rotatable bonds is 5. The van der Waals surface area contributed by atoms with Crippen LogP contribution in [0.1, 0.15) is 23.2 Å². The van der Waals surface area contributed by atoms with E-state index in [1.54, 1.807) is 37.0 Å². The Labute approximate surface area is 143 Å². The highest BCUT2D eigenvalue weighted by atomic mass is 32.2. The number of carbonyl (C=O) groups excluding carboxylic acids is 3. The van der Waals surface area contributed by atoms with Gasteiger partial charge in [0, 0.05) is 30.7 Å². The molecule has 0 unspecified atom stereocenters. The van der Waals surface area contributed by atoms with E-state index in [1.807, 2.05) is 6.07 Å². The highest BCUT2D eigenvalue weighted by Crippen LogP contribution is 2.31.